The fraction of sp³-hybridized carbons (Fsp3) is 0.294. The molecule has 0 amide bonds. The number of carbonyl (C=O) groups is 1. The van der Waals surface area contributed by atoms with Crippen molar-refractivity contribution in [2.24, 2.45) is 0 Å². The Morgan fingerprint density at radius 3 is 2.67 bits per heavy atom. The second kappa shape index (κ2) is 8.17. The quantitative estimate of drug-likeness (QED) is 0.627. The number of carbonyl (C=O) groups excluding carboxylic acids is 1. The van der Waals surface area contributed by atoms with Gasteiger partial charge in [0.05, 0.1) is 18.7 Å². The molecule has 0 spiro atoms. The molecule has 4 nitrogen and oxygen atoms in total. The van der Waals surface area contributed by atoms with Gasteiger partial charge in [-0.2, -0.15) is 0 Å². The zero-order valence-electron chi connectivity index (χ0n) is 12.2. The largest absolute Gasteiger partial charge is 0.466 e. The maximum atomic E-state index is 11.2. The van der Waals surface area contributed by atoms with E-state index < -0.39 is 0 Å². The Hall–Kier alpha value is -2.20. The summed E-state index contributed by atoms with van der Waals surface area (Å²) in [5.74, 6) is -0.157. The van der Waals surface area contributed by atoms with Crippen LogP contribution < -0.4 is 5.32 Å². The Kier molecular flexibility index (Phi) is 5.91. The Morgan fingerprint density at radius 1 is 1.19 bits per heavy atom. The van der Waals surface area contributed by atoms with Crippen molar-refractivity contribution in [3.63, 3.8) is 0 Å². The third kappa shape index (κ3) is 5.00. The van der Waals surface area contributed by atoms with Crippen molar-refractivity contribution in [2.75, 3.05) is 13.2 Å². The van der Waals surface area contributed by atoms with Crippen LogP contribution in [0.15, 0.2) is 48.7 Å². The molecule has 0 aliphatic rings. The van der Waals surface area contributed by atoms with Crippen LogP contribution >= 0.6 is 0 Å². The number of nitrogens with zero attached hydrogens (tertiary/aromatic N) is 1. The summed E-state index contributed by atoms with van der Waals surface area (Å²) in [6.07, 6.45) is 2.19. The van der Waals surface area contributed by atoms with Crippen molar-refractivity contribution in [1.82, 2.24) is 10.3 Å². The van der Waals surface area contributed by atoms with E-state index in [1.54, 1.807) is 6.20 Å². The van der Waals surface area contributed by atoms with E-state index in [-0.39, 0.29) is 5.97 Å². The van der Waals surface area contributed by atoms with E-state index in [1.165, 1.54) is 5.56 Å². The maximum Gasteiger partial charge on any atom is 0.307 e. The van der Waals surface area contributed by atoms with Crippen LogP contribution in [0.3, 0.4) is 0 Å². The highest BCUT2D eigenvalue weighted by molar-refractivity contribution is 5.69. The molecule has 0 saturated heterocycles. The topological polar surface area (TPSA) is 51.2 Å². The molecule has 2 aromatic rings. The first kappa shape index (κ1) is 15.2. The number of hydrogen-bond acceptors (Lipinski definition) is 4. The van der Waals surface area contributed by atoms with E-state index in [4.69, 9.17) is 4.74 Å². The third-order valence-corrected chi connectivity index (χ3v) is 3.05. The van der Waals surface area contributed by atoms with Crippen LogP contribution in [0, 0.1) is 0 Å². The monoisotopic (exact) mass is 284 g/mol. The van der Waals surface area contributed by atoms with Gasteiger partial charge in [0, 0.05) is 24.8 Å². The van der Waals surface area contributed by atoms with Crippen LogP contribution in [0.4, 0.5) is 0 Å². The maximum absolute atomic E-state index is 11.2. The summed E-state index contributed by atoms with van der Waals surface area (Å²) < 4.78 is 4.87. The molecule has 1 aromatic carbocycles. The van der Waals surface area contributed by atoms with Gasteiger partial charge in [0.1, 0.15) is 0 Å². The highest BCUT2D eigenvalue weighted by Crippen LogP contribution is 2.16. The molecule has 0 unspecified atom stereocenters. The van der Waals surface area contributed by atoms with Gasteiger partial charge in [0.15, 0.2) is 0 Å². The summed E-state index contributed by atoms with van der Waals surface area (Å²) in [5, 5.41) is 3.23. The van der Waals surface area contributed by atoms with Crippen LogP contribution in [-0.2, 0) is 16.1 Å². The van der Waals surface area contributed by atoms with Crippen LogP contribution in [0.2, 0.25) is 0 Å². The standard InChI is InChI=1S/C17H20N2O2/c1-2-21-17(20)10-12-18-13-14-6-8-15(9-7-14)16-5-3-4-11-19-16/h3-9,11,18H,2,10,12-13H2,1H3. The smallest absolute Gasteiger partial charge is 0.307 e. The van der Waals surface area contributed by atoms with Gasteiger partial charge in [-0.25, -0.2) is 0 Å². The Morgan fingerprint density at radius 2 is 2.00 bits per heavy atom. The first-order valence-electron chi connectivity index (χ1n) is 7.16. The Bertz CT molecular complexity index is 553. The molecule has 21 heavy (non-hydrogen) atoms. The number of rotatable bonds is 7. The molecule has 0 bridgehead atoms. The molecule has 0 radical (unpaired) electrons. The number of nitrogens with one attached hydrogen (secondary N) is 1. The number of pyridine rings is 1. The number of hydrogen-bond donors (Lipinski definition) is 1. The predicted octanol–water partition coefficient (Wildman–Crippen LogP) is 2.79. The van der Waals surface area contributed by atoms with Crippen LogP contribution in [-0.4, -0.2) is 24.1 Å². The summed E-state index contributed by atoms with van der Waals surface area (Å²) in [6.45, 7) is 3.62. The number of ether oxygens (including phenoxy) is 1. The van der Waals surface area contributed by atoms with Crippen LogP contribution in [0.1, 0.15) is 18.9 Å². The number of esters is 1. The first-order valence-corrected chi connectivity index (χ1v) is 7.16. The summed E-state index contributed by atoms with van der Waals surface area (Å²) >= 11 is 0. The van der Waals surface area contributed by atoms with Gasteiger partial charge in [-0.1, -0.05) is 30.3 Å². The first-order chi connectivity index (χ1) is 10.3. The Labute approximate surface area is 125 Å². The molecular formula is C17H20N2O2. The van der Waals surface area contributed by atoms with Crippen molar-refractivity contribution in [2.45, 2.75) is 19.9 Å². The van der Waals surface area contributed by atoms with Gasteiger partial charge in [-0.3, -0.25) is 9.78 Å². The minimum absolute atomic E-state index is 0.157. The lowest BCUT2D eigenvalue weighted by Crippen LogP contribution is -2.18. The Balaban J connectivity index is 1.79. The predicted molar refractivity (Wildman–Crippen MR) is 82.6 cm³/mol. The SMILES string of the molecule is CCOC(=O)CCNCc1ccc(-c2ccccn2)cc1. The van der Waals surface area contributed by atoms with E-state index in [0.717, 1.165) is 17.8 Å². The minimum Gasteiger partial charge on any atom is -0.466 e. The van der Waals surface area contributed by atoms with Gasteiger partial charge in [0.2, 0.25) is 0 Å². The lowest BCUT2D eigenvalue weighted by molar-refractivity contribution is -0.142. The highest BCUT2D eigenvalue weighted by atomic mass is 16.5. The van der Waals surface area contributed by atoms with Gasteiger partial charge in [-0.05, 0) is 24.6 Å². The zero-order chi connectivity index (χ0) is 14.9. The second-order valence-electron chi connectivity index (χ2n) is 4.64. The van der Waals surface area contributed by atoms with Gasteiger partial charge in [0.25, 0.3) is 0 Å². The van der Waals surface area contributed by atoms with E-state index in [1.807, 2.05) is 25.1 Å². The average molecular weight is 284 g/mol. The van der Waals surface area contributed by atoms with E-state index in [0.29, 0.717) is 19.6 Å². The molecule has 0 aliphatic heterocycles. The van der Waals surface area contributed by atoms with Crippen molar-refractivity contribution in [3.8, 4) is 11.3 Å². The average Bonchev–Trinajstić information content (AvgIpc) is 2.53. The van der Waals surface area contributed by atoms with Crippen molar-refractivity contribution >= 4 is 5.97 Å². The van der Waals surface area contributed by atoms with E-state index in [9.17, 15) is 4.79 Å². The molecule has 4 heteroatoms. The fourth-order valence-corrected chi connectivity index (χ4v) is 1.98. The molecule has 110 valence electrons. The van der Waals surface area contributed by atoms with E-state index in [2.05, 4.69) is 34.6 Å². The molecule has 2 rings (SSSR count). The molecule has 1 N–H and O–H groups in total. The zero-order valence-corrected chi connectivity index (χ0v) is 12.2. The summed E-state index contributed by atoms with van der Waals surface area (Å²) in [4.78, 5) is 15.5. The molecule has 0 atom stereocenters. The normalized spacial score (nSPS) is 10.3. The summed E-state index contributed by atoms with van der Waals surface area (Å²) in [6, 6.07) is 14.1. The number of aromatic nitrogens is 1. The van der Waals surface area contributed by atoms with Crippen molar-refractivity contribution < 1.29 is 9.53 Å². The van der Waals surface area contributed by atoms with Crippen LogP contribution in [0.25, 0.3) is 11.3 Å². The van der Waals surface area contributed by atoms with Gasteiger partial charge >= 0.3 is 5.97 Å². The fourth-order valence-electron chi connectivity index (χ4n) is 1.98. The third-order valence-electron chi connectivity index (χ3n) is 3.05. The molecule has 1 heterocycles. The lowest BCUT2D eigenvalue weighted by Gasteiger charge is -2.06. The number of benzene rings is 1. The molecule has 0 saturated carbocycles. The molecule has 0 fully saturated rings. The molecule has 1 aromatic heterocycles. The minimum atomic E-state index is -0.157. The second-order valence-corrected chi connectivity index (χ2v) is 4.64. The van der Waals surface area contributed by atoms with Gasteiger partial charge in [-0.15, -0.1) is 0 Å². The molecular weight excluding hydrogens is 264 g/mol. The molecule has 0 aliphatic carbocycles. The highest BCUT2D eigenvalue weighted by Gasteiger charge is 2.01. The van der Waals surface area contributed by atoms with Crippen LogP contribution in [0.5, 0.6) is 0 Å². The van der Waals surface area contributed by atoms with E-state index >= 15 is 0 Å². The lowest BCUT2D eigenvalue weighted by atomic mass is 10.1. The summed E-state index contributed by atoms with van der Waals surface area (Å²) in [7, 11) is 0. The van der Waals surface area contributed by atoms with Crippen molar-refractivity contribution in [3.05, 3.63) is 54.2 Å². The van der Waals surface area contributed by atoms with Gasteiger partial charge < -0.3 is 10.1 Å². The summed E-state index contributed by atoms with van der Waals surface area (Å²) in [5.41, 5.74) is 3.25. The van der Waals surface area contributed by atoms with Crippen molar-refractivity contribution in [1.29, 1.82) is 0 Å².